The second-order valence-electron chi connectivity index (χ2n) is 3.19. The Bertz CT molecular complexity index is 411. The van der Waals surface area contributed by atoms with Crippen molar-refractivity contribution in [2.45, 2.75) is 32.6 Å². The molecule has 0 aliphatic carbocycles. The fourth-order valence-electron chi connectivity index (χ4n) is 1.23. The van der Waals surface area contributed by atoms with Crippen LogP contribution in [0, 0.1) is 6.92 Å². The molecule has 0 N–H and O–H groups in total. The van der Waals surface area contributed by atoms with Gasteiger partial charge in [-0.05, 0) is 13.3 Å². The first-order chi connectivity index (χ1) is 6.42. The molecule has 80 valence electrons. The van der Waals surface area contributed by atoms with Crippen LogP contribution in [0.25, 0.3) is 0 Å². The van der Waals surface area contributed by atoms with Crippen molar-refractivity contribution in [2.24, 2.45) is 0 Å². The van der Waals surface area contributed by atoms with E-state index in [1.165, 1.54) is 0 Å². The van der Waals surface area contributed by atoms with Gasteiger partial charge in [-0.15, -0.1) is 3.89 Å². The van der Waals surface area contributed by atoms with Gasteiger partial charge in [-0.2, -0.15) is 13.5 Å². The van der Waals surface area contributed by atoms with Gasteiger partial charge in [0.15, 0.2) is 0 Å². The summed E-state index contributed by atoms with van der Waals surface area (Å²) in [5.74, 6) is -0.581. The first kappa shape index (κ1) is 11.2. The lowest BCUT2D eigenvalue weighted by atomic mass is 10.3. The van der Waals surface area contributed by atoms with Gasteiger partial charge >= 0.3 is 10.2 Å². The molecule has 0 radical (unpaired) electrons. The number of hydrogen-bond donors (Lipinski definition) is 0. The minimum Gasteiger partial charge on any atom is -0.272 e. The van der Waals surface area contributed by atoms with Crippen molar-refractivity contribution in [3.05, 3.63) is 17.5 Å². The number of nitrogens with zero attached hydrogens (tertiary/aromatic N) is 2. The Morgan fingerprint density at radius 3 is 2.71 bits per heavy atom. The Labute approximate surface area is 82.9 Å². The van der Waals surface area contributed by atoms with Gasteiger partial charge in [0.05, 0.1) is 5.69 Å². The topological polar surface area (TPSA) is 52.0 Å². The fraction of sp³-hybridized carbons (Fsp3) is 0.625. The lowest BCUT2D eigenvalue weighted by Crippen LogP contribution is -1.97. The highest BCUT2D eigenvalue weighted by Gasteiger charge is 2.13. The minimum atomic E-state index is -4.45. The highest BCUT2D eigenvalue weighted by atomic mass is 32.3. The molecule has 0 saturated heterocycles. The molecule has 1 aromatic rings. The number of hydrogen-bond acceptors (Lipinski definition) is 3. The van der Waals surface area contributed by atoms with Crippen LogP contribution in [0.2, 0.25) is 0 Å². The van der Waals surface area contributed by atoms with Crippen molar-refractivity contribution in [1.29, 1.82) is 0 Å². The van der Waals surface area contributed by atoms with Gasteiger partial charge in [-0.3, -0.25) is 4.68 Å². The van der Waals surface area contributed by atoms with Crippen molar-refractivity contribution < 1.29 is 12.3 Å². The quantitative estimate of drug-likeness (QED) is 0.721. The van der Waals surface area contributed by atoms with E-state index in [0.29, 0.717) is 17.8 Å². The summed E-state index contributed by atoms with van der Waals surface area (Å²) >= 11 is 0. The van der Waals surface area contributed by atoms with Crippen molar-refractivity contribution in [3.63, 3.8) is 0 Å². The van der Waals surface area contributed by atoms with Crippen LogP contribution in [-0.2, 0) is 22.5 Å². The van der Waals surface area contributed by atoms with Crippen LogP contribution in [-0.4, -0.2) is 18.2 Å². The van der Waals surface area contributed by atoms with E-state index in [1.807, 2.05) is 6.92 Å². The number of halogens is 1. The summed E-state index contributed by atoms with van der Waals surface area (Å²) in [5, 5.41) is 4.07. The predicted molar refractivity (Wildman–Crippen MR) is 51.0 cm³/mol. The Balaban J connectivity index is 2.88. The molecule has 1 aromatic heterocycles. The summed E-state index contributed by atoms with van der Waals surface area (Å²) in [6.07, 6.45) is 2.49. The molecule has 0 aromatic carbocycles. The summed E-state index contributed by atoms with van der Waals surface area (Å²) in [6, 6.07) is 0. The normalized spacial score (nSPS) is 11.9. The average Bonchev–Trinajstić information content (AvgIpc) is 2.29. The maximum atomic E-state index is 12.4. The fourth-order valence-corrected chi connectivity index (χ4v) is 1.89. The Kier molecular flexibility index (Phi) is 3.25. The third kappa shape index (κ3) is 3.10. The summed E-state index contributed by atoms with van der Waals surface area (Å²) < 4.78 is 34.9. The van der Waals surface area contributed by atoms with Gasteiger partial charge < -0.3 is 0 Å². The van der Waals surface area contributed by atoms with Gasteiger partial charge in [-0.1, -0.05) is 6.92 Å². The second-order valence-corrected chi connectivity index (χ2v) is 4.55. The smallest absolute Gasteiger partial charge is 0.272 e. The summed E-state index contributed by atoms with van der Waals surface area (Å²) in [6.45, 7) is 4.38. The molecule has 14 heavy (non-hydrogen) atoms. The van der Waals surface area contributed by atoms with Crippen molar-refractivity contribution in [2.75, 3.05) is 0 Å². The second kappa shape index (κ2) is 4.08. The molecule has 4 nitrogen and oxygen atoms in total. The Morgan fingerprint density at radius 2 is 2.21 bits per heavy atom. The molecule has 1 heterocycles. The minimum absolute atomic E-state index is 0.431. The van der Waals surface area contributed by atoms with Crippen LogP contribution >= 0.6 is 0 Å². The first-order valence-corrected chi connectivity index (χ1v) is 5.93. The van der Waals surface area contributed by atoms with Crippen LogP contribution in [0.4, 0.5) is 3.89 Å². The molecule has 0 amide bonds. The highest BCUT2D eigenvalue weighted by molar-refractivity contribution is 7.85. The lowest BCUT2D eigenvalue weighted by molar-refractivity contribution is 0.551. The molecular weight excluding hydrogens is 207 g/mol. The van der Waals surface area contributed by atoms with Gasteiger partial charge in [-0.25, -0.2) is 0 Å². The van der Waals surface area contributed by atoms with Crippen LogP contribution in [0.15, 0.2) is 6.20 Å². The molecular formula is C8H13FN2O2S. The SMILES string of the molecule is CCCn1cc(CS(=O)(=O)F)c(C)n1. The number of rotatable bonds is 4. The van der Waals surface area contributed by atoms with Crippen molar-refractivity contribution in [3.8, 4) is 0 Å². The molecule has 1 rings (SSSR count). The molecule has 6 heteroatoms. The molecule has 0 saturated carbocycles. The van der Waals surface area contributed by atoms with Gasteiger partial charge in [0, 0.05) is 18.3 Å². The van der Waals surface area contributed by atoms with E-state index in [1.54, 1.807) is 17.8 Å². The van der Waals surface area contributed by atoms with Crippen molar-refractivity contribution >= 4 is 10.2 Å². The average molecular weight is 220 g/mol. The summed E-state index contributed by atoms with van der Waals surface area (Å²) in [5.41, 5.74) is 1.00. The van der Waals surface area contributed by atoms with Crippen LogP contribution < -0.4 is 0 Å². The molecule has 0 aliphatic heterocycles. The maximum absolute atomic E-state index is 12.4. The van der Waals surface area contributed by atoms with E-state index in [-0.39, 0.29) is 0 Å². The molecule has 0 bridgehead atoms. The van der Waals surface area contributed by atoms with Gasteiger partial charge in [0.1, 0.15) is 5.75 Å². The zero-order chi connectivity index (χ0) is 10.8. The molecule has 0 atom stereocenters. The molecule has 0 aliphatic rings. The van der Waals surface area contributed by atoms with Gasteiger partial charge in [0.25, 0.3) is 0 Å². The maximum Gasteiger partial charge on any atom is 0.306 e. The Morgan fingerprint density at radius 1 is 1.57 bits per heavy atom. The van der Waals surface area contributed by atoms with Crippen LogP contribution in [0.5, 0.6) is 0 Å². The van der Waals surface area contributed by atoms with Crippen molar-refractivity contribution in [1.82, 2.24) is 9.78 Å². The largest absolute Gasteiger partial charge is 0.306 e. The highest BCUT2D eigenvalue weighted by Crippen LogP contribution is 2.11. The van der Waals surface area contributed by atoms with Gasteiger partial charge in [0.2, 0.25) is 0 Å². The standard InChI is InChI=1S/C8H13FN2O2S/c1-3-4-11-5-8(7(2)10-11)6-14(9,12)13/h5H,3-4,6H2,1-2H3. The van der Waals surface area contributed by atoms with E-state index >= 15 is 0 Å². The lowest BCUT2D eigenvalue weighted by Gasteiger charge is -1.94. The monoisotopic (exact) mass is 220 g/mol. The molecule has 0 fully saturated rings. The van der Waals surface area contributed by atoms with E-state index in [2.05, 4.69) is 5.10 Å². The number of aromatic nitrogens is 2. The van der Waals surface area contributed by atoms with Crippen LogP contribution in [0.3, 0.4) is 0 Å². The third-order valence-corrected chi connectivity index (χ3v) is 2.48. The Hall–Kier alpha value is -0.910. The third-order valence-electron chi connectivity index (χ3n) is 1.83. The first-order valence-electron chi connectivity index (χ1n) is 4.37. The molecule has 0 spiro atoms. The predicted octanol–water partition coefficient (Wildman–Crippen LogP) is 1.40. The summed E-state index contributed by atoms with van der Waals surface area (Å²) in [7, 11) is -4.45. The zero-order valence-corrected chi connectivity index (χ0v) is 9.01. The molecule has 0 unspecified atom stereocenters. The van der Waals surface area contributed by atoms with E-state index < -0.39 is 16.0 Å². The van der Waals surface area contributed by atoms with E-state index in [9.17, 15) is 12.3 Å². The van der Waals surface area contributed by atoms with Crippen LogP contribution in [0.1, 0.15) is 24.6 Å². The summed E-state index contributed by atoms with van der Waals surface area (Å²) in [4.78, 5) is 0. The van der Waals surface area contributed by atoms with E-state index in [0.717, 1.165) is 6.42 Å². The number of aryl methyl sites for hydroxylation is 2. The van der Waals surface area contributed by atoms with E-state index in [4.69, 9.17) is 0 Å². The zero-order valence-electron chi connectivity index (χ0n) is 8.20.